The first-order chi connectivity index (χ1) is 14.5. The van der Waals surface area contributed by atoms with Gasteiger partial charge in [0.1, 0.15) is 0 Å². The number of esters is 1. The lowest BCUT2D eigenvalue weighted by Gasteiger charge is -2.04. The van der Waals surface area contributed by atoms with Crippen molar-refractivity contribution in [2.45, 2.75) is 10.6 Å². The molecule has 0 aliphatic carbocycles. The van der Waals surface area contributed by atoms with Crippen LogP contribution >= 0.6 is 23.4 Å². The van der Waals surface area contributed by atoms with Gasteiger partial charge in [-0.25, -0.2) is 10.2 Å². The summed E-state index contributed by atoms with van der Waals surface area (Å²) in [5, 5.41) is 4.68. The smallest absolute Gasteiger partial charge is 0.337 e. The van der Waals surface area contributed by atoms with E-state index in [2.05, 4.69) is 15.3 Å². The van der Waals surface area contributed by atoms with Gasteiger partial charge < -0.3 is 4.74 Å². The van der Waals surface area contributed by atoms with Crippen molar-refractivity contribution in [3.63, 3.8) is 0 Å². The zero-order valence-corrected chi connectivity index (χ0v) is 17.7. The van der Waals surface area contributed by atoms with Crippen molar-refractivity contribution in [3.05, 3.63) is 100 Å². The third kappa shape index (κ3) is 6.20. The largest absolute Gasteiger partial charge is 0.465 e. The van der Waals surface area contributed by atoms with Crippen LogP contribution in [-0.4, -0.2) is 25.2 Å². The standard InChI is InChI=1S/C23H19ClN2O3S/c1-29-23(28)19-8-2-16(3-9-19)14-25-26-22(27)18-6-4-17(5-7-18)15-30-21-12-10-20(24)11-13-21/h2-14H,15H2,1H3,(H,26,27)/b25-14-. The molecule has 0 spiro atoms. The molecule has 3 rings (SSSR count). The molecule has 0 aliphatic rings. The van der Waals surface area contributed by atoms with E-state index in [1.54, 1.807) is 48.2 Å². The SMILES string of the molecule is COC(=O)c1ccc(/C=N\NC(=O)c2ccc(CSc3ccc(Cl)cc3)cc2)cc1. The van der Waals surface area contributed by atoms with Crippen LogP contribution in [0.25, 0.3) is 0 Å². The van der Waals surface area contributed by atoms with Crippen molar-refractivity contribution in [1.29, 1.82) is 0 Å². The highest BCUT2D eigenvalue weighted by molar-refractivity contribution is 7.98. The third-order valence-corrected chi connectivity index (χ3v) is 5.48. The Balaban J connectivity index is 1.51. The number of rotatable bonds is 7. The van der Waals surface area contributed by atoms with Crippen LogP contribution in [0.1, 0.15) is 31.8 Å². The molecular formula is C23H19ClN2O3S. The number of carbonyl (C=O) groups is 2. The second-order valence-corrected chi connectivity index (χ2v) is 7.74. The minimum atomic E-state index is -0.401. The molecule has 3 aromatic rings. The van der Waals surface area contributed by atoms with E-state index in [4.69, 9.17) is 11.6 Å². The lowest BCUT2D eigenvalue weighted by molar-refractivity contribution is 0.0600. The van der Waals surface area contributed by atoms with Crippen LogP contribution in [0.3, 0.4) is 0 Å². The number of nitrogens with zero attached hydrogens (tertiary/aromatic N) is 1. The molecule has 0 aliphatic heterocycles. The number of methoxy groups -OCH3 is 1. The monoisotopic (exact) mass is 438 g/mol. The Bertz CT molecular complexity index is 1030. The summed E-state index contributed by atoms with van der Waals surface area (Å²) in [5.74, 6) is 0.0969. The first kappa shape index (κ1) is 21.6. The van der Waals surface area contributed by atoms with E-state index in [-0.39, 0.29) is 5.91 Å². The fourth-order valence-electron chi connectivity index (χ4n) is 2.50. The van der Waals surface area contributed by atoms with Gasteiger partial charge in [0.05, 0.1) is 18.9 Å². The van der Waals surface area contributed by atoms with Crippen molar-refractivity contribution in [2.24, 2.45) is 5.10 Å². The van der Waals surface area contributed by atoms with Gasteiger partial charge in [0.2, 0.25) is 0 Å². The Morgan fingerprint density at radius 2 is 1.60 bits per heavy atom. The summed E-state index contributed by atoms with van der Waals surface area (Å²) in [6, 6.07) is 21.8. The van der Waals surface area contributed by atoms with Crippen LogP contribution in [0.4, 0.5) is 0 Å². The fraction of sp³-hybridized carbons (Fsp3) is 0.0870. The van der Waals surface area contributed by atoms with Crippen LogP contribution < -0.4 is 5.43 Å². The van der Waals surface area contributed by atoms with Crippen molar-refractivity contribution in [3.8, 4) is 0 Å². The zero-order chi connectivity index (χ0) is 21.3. The number of ether oxygens (including phenoxy) is 1. The van der Waals surface area contributed by atoms with Gasteiger partial charge in [-0.1, -0.05) is 35.9 Å². The molecule has 7 heteroatoms. The minimum absolute atomic E-state index is 0.297. The maximum absolute atomic E-state index is 12.2. The van der Waals surface area contributed by atoms with Crippen LogP contribution in [0.15, 0.2) is 82.8 Å². The van der Waals surface area contributed by atoms with Gasteiger partial charge in [-0.15, -0.1) is 11.8 Å². The topological polar surface area (TPSA) is 67.8 Å². The molecule has 0 saturated heterocycles. The first-order valence-electron chi connectivity index (χ1n) is 9.04. The molecule has 1 N–H and O–H groups in total. The number of nitrogens with one attached hydrogen (secondary N) is 1. The average molecular weight is 439 g/mol. The van der Waals surface area contributed by atoms with Crippen LogP contribution in [0, 0.1) is 0 Å². The first-order valence-corrected chi connectivity index (χ1v) is 10.4. The van der Waals surface area contributed by atoms with Gasteiger partial charge in [-0.3, -0.25) is 4.79 Å². The summed E-state index contributed by atoms with van der Waals surface area (Å²) in [7, 11) is 1.33. The maximum atomic E-state index is 12.2. The number of hydrazone groups is 1. The van der Waals surface area contributed by atoms with Crippen LogP contribution in [-0.2, 0) is 10.5 Å². The number of hydrogen-bond acceptors (Lipinski definition) is 5. The molecule has 0 radical (unpaired) electrons. The van der Waals surface area contributed by atoms with Crippen molar-refractivity contribution in [2.75, 3.05) is 7.11 Å². The third-order valence-electron chi connectivity index (χ3n) is 4.15. The van der Waals surface area contributed by atoms with Crippen molar-refractivity contribution < 1.29 is 14.3 Å². The van der Waals surface area contributed by atoms with E-state index < -0.39 is 5.97 Å². The predicted molar refractivity (Wildman–Crippen MR) is 120 cm³/mol. The molecule has 3 aromatic carbocycles. The number of halogens is 1. The molecule has 0 bridgehead atoms. The summed E-state index contributed by atoms with van der Waals surface area (Å²) >= 11 is 7.60. The van der Waals surface area contributed by atoms with Gasteiger partial charge in [0, 0.05) is 21.2 Å². The van der Waals surface area contributed by atoms with Gasteiger partial charge in [0.25, 0.3) is 5.91 Å². The predicted octanol–water partition coefficient (Wildman–Crippen LogP) is 5.18. The van der Waals surface area contributed by atoms with Gasteiger partial charge in [0.15, 0.2) is 0 Å². The number of hydrogen-bond donors (Lipinski definition) is 1. The number of thioether (sulfide) groups is 1. The molecule has 5 nitrogen and oxygen atoms in total. The summed E-state index contributed by atoms with van der Waals surface area (Å²) in [6.07, 6.45) is 1.51. The van der Waals surface area contributed by atoms with E-state index in [9.17, 15) is 9.59 Å². The summed E-state index contributed by atoms with van der Waals surface area (Å²) in [6.45, 7) is 0. The molecule has 1 amide bonds. The van der Waals surface area contributed by atoms with Crippen molar-refractivity contribution in [1.82, 2.24) is 5.43 Å². The molecule has 0 atom stereocenters. The lowest BCUT2D eigenvalue weighted by Crippen LogP contribution is -2.17. The highest BCUT2D eigenvalue weighted by Crippen LogP contribution is 2.24. The van der Waals surface area contributed by atoms with E-state index in [0.717, 1.165) is 26.8 Å². The molecule has 0 aromatic heterocycles. The van der Waals surface area contributed by atoms with Crippen molar-refractivity contribution >= 4 is 41.5 Å². The molecular weight excluding hydrogens is 420 g/mol. The Labute approximate surface area is 184 Å². The highest BCUT2D eigenvalue weighted by Gasteiger charge is 2.05. The summed E-state index contributed by atoms with van der Waals surface area (Å²) in [5.41, 5.74) is 5.33. The second-order valence-electron chi connectivity index (χ2n) is 6.25. The molecule has 0 saturated carbocycles. The molecule has 0 unspecified atom stereocenters. The summed E-state index contributed by atoms with van der Waals surface area (Å²) in [4.78, 5) is 24.8. The lowest BCUT2D eigenvalue weighted by atomic mass is 10.1. The second kappa shape index (κ2) is 10.6. The van der Waals surface area contributed by atoms with Crippen LogP contribution in [0.2, 0.25) is 5.02 Å². The number of amides is 1. The average Bonchev–Trinajstić information content (AvgIpc) is 2.79. The Morgan fingerprint density at radius 3 is 2.23 bits per heavy atom. The Hall–Kier alpha value is -3.09. The van der Waals surface area contributed by atoms with Crippen LogP contribution in [0.5, 0.6) is 0 Å². The highest BCUT2D eigenvalue weighted by atomic mass is 35.5. The van der Waals surface area contributed by atoms with E-state index >= 15 is 0 Å². The quantitative estimate of drug-likeness (QED) is 0.239. The van der Waals surface area contributed by atoms with E-state index in [0.29, 0.717) is 11.1 Å². The number of carbonyl (C=O) groups excluding carboxylic acids is 2. The Kier molecular flexibility index (Phi) is 7.65. The van der Waals surface area contributed by atoms with E-state index in [1.165, 1.54) is 13.3 Å². The van der Waals surface area contributed by atoms with Gasteiger partial charge >= 0.3 is 5.97 Å². The van der Waals surface area contributed by atoms with Gasteiger partial charge in [-0.2, -0.15) is 5.10 Å². The zero-order valence-electron chi connectivity index (χ0n) is 16.2. The molecule has 30 heavy (non-hydrogen) atoms. The fourth-order valence-corrected chi connectivity index (χ4v) is 3.48. The maximum Gasteiger partial charge on any atom is 0.337 e. The van der Waals surface area contributed by atoms with Gasteiger partial charge in [-0.05, 0) is 59.7 Å². The molecule has 152 valence electrons. The summed E-state index contributed by atoms with van der Waals surface area (Å²) < 4.78 is 4.65. The molecule has 0 fully saturated rings. The molecule has 0 heterocycles. The minimum Gasteiger partial charge on any atom is -0.465 e. The number of benzene rings is 3. The Morgan fingerprint density at radius 1 is 0.967 bits per heavy atom. The van der Waals surface area contributed by atoms with E-state index in [1.807, 2.05) is 36.4 Å². The normalized spacial score (nSPS) is 10.7.